The summed E-state index contributed by atoms with van der Waals surface area (Å²) in [7, 11) is -3.25. The third-order valence-electron chi connectivity index (χ3n) is 5.03. The Hall–Kier alpha value is -2.52. The lowest BCUT2D eigenvalue weighted by Gasteiger charge is -2.20. The fourth-order valence-corrected chi connectivity index (χ4v) is 5.44. The summed E-state index contributed by atoms with van der Waals surface area (Å²) in [5, 5.41) is 5.66. The number of carbonyl (C=O) groups is 2. The van der Waals surface area contributed by atoms with Gasteiger partial charge in [-0.1, -0.05) is 17.7 Å². The van der Waals surface area contributed by atoms with E-state index in [1.54, 1.807) is 48.2 Å². The van der Waals surface area contributed by atoms with Crippen LogP contribution in [0.2, 0.25) is 0 Å². The van der Waals surface area contributed by atoms with E-state index in [-0.39, 0.29) is 17.6 Å². The summed E-state index contributed by atoms with van der Waals surface area (Å²) in [6.45, 7) is 2.38. The number of sulfonamides is 1. The van der Waals surface area contributed by atoms with E-state index in [0.717, 1.165) is 11.3 Å². The molecule has 3 rings (SSSR count). The lowest BCUT2D eigenvalue weighted by Crippen LogP contribution is -2.44. The first-order chi connectivity index (χ1) is 14.8. The van der Waals surface area contributed by atoms with Crippen molar-refractivity contribution < 1.29 is 18.0 Å². The Labute approximate surface area is 187 Å². The smallest absolute Gasteiger partial charge is 0.251 e. The third kappa shape index (κ3) is 6.01. The number of thioether (sulfide) groups is 1. The van der Waals surface area contributed by atoms with Gasteiger partial charge in [-0.05, 0) is 68.2 Å². The molecule has 0 aromatic heterocycles. The summed E-state index contributed by atoms with van der Waals surface area (Å²) in [5.74, 6) is 0.275. The number of nitrogens with one attached hydrogen (secondary N) is 2. The molecule has 2 aromatic rings. The van der Waals surface area contributed by atoms with Crippen molar-refractivity contribution in [1.82, 2.24) is 5.32 Å². The van der Waals surface area contributed by atoms with E-state index in [1.165, 1.54) is 4.31 Å². The highest BCUT2D eigenvalue weighted by Gasteiger charge is 2.28. The maximum atomic E-state index is 12.9. The number of hydrogen-bond donors (Lipinski definition) is 2. The molecule has 1 aliphatic heterocycles. The van der Waals surface area contributed by atoms with Crippen LogP contribution in [0.3, 0.4) is 0 Å². The summed E-state index contributed by atoms with van der Waals surface area (Å²) in [5.41, 5.74) is 2.61. The molecule has 1 fully saturated rings. The summed E-state index contributed by atoms with van der Waals surface area (Å²) in [6, 6.07) is 13.3. The van der Waals surface area contributed by atoms with Gasteiger partial charge in [-0.2, -0.15) is 11.8 Å². The van der Waals surface area contributed by atoms with Crippen LogP contribution in [0.15, 0.2) is 48.5 Å². The lowest BCUT2D eigenvalue weighted by atomic mass is 10.1. The van der Waals surface area contributed by atoms with Gasteiger partial charge < -0.3 is 10.6 Å². The summed E-state index contributed by atoms with van der Waals surface area (Å²) >= 11 is 1.60. The molecular weight excluding hydrogens is 434 g/mol. The molecule has 2 N–H and O–H groups in total. The van der Waals surface area contributed by atoms with Crippen LogP contribution >= 0.6 is 11.8 Å². The van der Waals surface area contributed by atoms with E-state index >= 15 is 0 Å². The van der Waals surface area contributed by atoms with Gasteiger partial charge in [0.1, 0.15) is 6.04 Å². The van der Waals surface area contributed by atoms with Crippen molar-refractivity contribution in [2.45, 2.75) is 25.8 Å². The zero-order chi connectivity index (χ0) is 22.4. The number of amides is 2. The van der Waals surface area contributed by atoms with Gasteiger partial charge >= 0.3 is 0 Å². The molecule has 31 heavy (non-hydrogen) atoms. The highest BCUT2D eigenvalue weighted by atomic mass is 32.2. The predicted molar refractivity (Wildman–Crippen MR) is 126 cm³/mol. The van der Waals surface area contributed by atoms with Crippen LogP contribution < -0.4 is 14.9 Å². The van der Waals surface area contributed by atoms with Crippen LogP contribution in [0.25, 0.3) is 0 Å². The van der Waals surface area contributed by atoms with Gasteiger partial charge in [0.25, 0.3) is 5.91 Å². The summed E-state index contributed by atoms with van der Waals surface area (Å²) in [4.78, 5) is 25.5. The van der Waals surface area contributed by atoms with Crippen molar-refractivity contribution in [2.75, 3.05) is 33.9 Å². The van der Waals surface area contributed by atoms with E-state index in [0.29, 0.717) is 36.3 Å². The fourth-order valence-electron chi connectivity index (χ4n) is 3.40. The SMILES string of the molecule is CSCC[C@H](NC(=O)c1cccc(C)c1)C(=O)Nc1ccc(N2CCCS2(=O)=O)cc1. The molecule has 0 radical (unpaired) electrons. The van der Waals surface area contributed by atoms with E-state index in [4.69, 9.17) is 0 Å². The molecule has 1 heterocycles. The molecular formula is C22H27N3O4S2. The van der Waals surface area contributed by atoms with Crippen molar-refractivity contribution in [3.05, 3.63) is 59.7 Å². The number of benzene rings is 2. The molecule has 0 saturated carbocycles. The Kier molecular flexibility index (Phi) is 7.61. The van der Waals surface area contributed by atoms with Gasteiger partial charge in [0, 0.05) is 17.8 Å². The molecule has 0 spiro atoms. The summed E-state index contributed by atoms with van der Waals surface area (Å²) < 4.78 is 25.5. The maximum absolute atomic E-state index is 12.9. The van der Waals surface area contributed by atoms with Crippen LogP contribution in [0.5, 0.6) is 0 Å². The second-order valence-corrected chi connectivity index (χ2v) is 10.5. The average molecular weight is 462 g/mol. The minimum absolute atomic E-state index is 0.156. The maximum Gasteiger partial charge on any atom is 0.251 e. The first kappa shape index (κ1) is 23.1. The van der Waals surface area contributed by atoms with Crippen molar-refractivity contribution in [3.63, 3.8) is 0 Å². The van der Waals surface area contributed by atoms with Crippen LogP contribution in [-0.4, -0.2) is 50.6 Å². The monoisotopic (exact) mass is 461 g/mol. The molecule has 2 aromatic carbocycles. The molecule has 0 bridgehead atoms. The lowest BCUT2D eigenvalue weighted by molar-refractivity contribution is -0.118. The van der Waals surface area contributed by atoms with Gasteiger partial charge in [-0.3, -0.25) is 13.9 Å². The van der Waals surface area contributed by atoms with Gasteiger partial charge in [-0.15, -0.1) is 0 Å². The van der Waals surface area contributed by atoms with Gasteiger partial charge in [0.2, 0.25) is 15.9 Å². The van der Waals surface area contributed by atoms with Crippen LogP contribution in [0.4, 0.5) is 11.4 Å². The fraction of sp³-hybridized carbons (Fsp3) is 0.364. The first-order valence-electron chi connectivity index (χ1n) is 10.1. The Morgan fingerprint density at radius 1 is 1.16 bits per heavy atom. The van der Waals surface area contributed by atoms with E-state index in [9.17, 15) is 18.0 Å². The molecule has 1 aliphatic rings. The van der Waals surface area contributed by atoms with E-state index in [2.05, 4.69) is 10.6 Å². The van der Waals surface area contributed by atoms with Crippen molar-refractivity contribution in [2.24, 2.45) is 0 Å². The largest absolute Gasteiger partial charge is 0.340 e. The number of carbonyl (C=O) groups excluding carboxylic acids is 2. The van der Waals surface area contributed by atoms with E-state index in [1.807, 2.05) is 25.3 Å². The number of rotatable bonds is 8. The summed E-state index contributed by atoms with van der Waals surface area (Å²) in [6.07, 6.45) is 3.05. The van der Waals surface area contributed by atoms with Crippen LogP contribution in [0.1, 0.15) is 28.8 Å². The van der Waals surface area contributed by atoms with Crippen LogP contribution in [-0.2, 0) is 14.8 Å². The Balaban J connectivity index is 1.68. The topological polar surface area (TPSA) is 95.6 Å². The molecule has 0 unspecified atom stereocenters. The first-order valence-corrected chi connectivity index (χ1v) is 13.1. The average Bonchev–Trinajstić information content (AvgIpc) is 3.10. The van der Waals surface area contributed by atoms with Gasteiger partial charge in [-0.25, -0.2) is 8.42 Å². The third-order valence-corrected chi connectivity index (χ3v) is 7.55. The second kappa shape index (κ2) is 10.2. The highest BCUT2D eigenvalue weighted by molar-refractivity contribution is 7.98. The quantitative estimate of drug-likeness (QED) is 0.630. The Morgan fingerprint density at radius 3 is 2.52 bits per heavy atom. The zero-order valence-corrected chi connectivity index (χ0v) is 19.3. The van der Waals surface area contributed by atoms with Crippen LogP contribution in [0, 0.1) is 6.92 Å². The molecule has 7 nitrogen and oxygen atoms in total. The zero-order valence-electron chi connectivity index (χ0n) is 17.6. The normalized spacial score (nSPS) is 16.0. The molecule has 166 valence electrons. The molecule has 9 heteroatoms. The minimum atomic E-state index is -3.25. The second-order valence-electron chi connectivity index (χ2n) is 7.45. The number of anilines is 2. The molecule has 0 aliphatic carbocycles. The standard InChI is InChI=1S/C22H27N3O4S2/c1-16-5-3-6-17(15-16)21(26)24-20(11-13-30-2)22(27)23-18-7-9-19(10-8-18)25-12-4-14-31(25,28)29/h3,5-10,15,20H,4,11-14H2,1-2H3,(H,23,27)(H,24,26)/t20-/m0/s1. The number of nitrogens with zero attached hydrogens (tertiary/aromatic N) is 1. The number of aryl methyl sites for hydroxylation is 1. The Bertz CT molecular complexity index is 1040. The van der Waals surface area contributed by atoms with Crippen molar-refractivity contribution >= 4 is 45.0 Å². The molecule has 2 amide bonds. The van der Waals surface area contributed by atoms with Crippen molar-refractivity contribution in [1.29, 1.82) is 0 Å². The minimum Gasteiger partial charge on any atom is -0.340 e. The molecule has 1 saturated heterocycles. The van der Waals surface area contributed by atoms with Gasteiger partial charge in [0.15, 0.2) is 0 Å². The molecule has 1 atom stereocenters. The highest BCUT2D eigenvalue weighted by Crippen LogP contribution is 2.25. The Morgan fingerprint density at radius 2 is 1.90 bits per heavy atom. The van der Waals surface area contributed by atoms with E-state index < -0.39 is 16.1 Å². The predicted octanol–water partition coefficient (Wildman–Crippen LogP) is 3.03. The van der Waals surface area contributed by atoms with Gasteiger partial charge in [0.05, 0.1) is 11.4 Å². The van der Waals surface area contributed by atoms with Crippen molar-refractivity contribution in [3.8, 4) is 0 Å². The number of hydrogen-bond acceptors (Lipinski definition) is 5.